The average molecular weight is 380 g/mol. The molecule has 0 radical (unpaired) electrons. The molecule has 1 aromatic rings. The van der Waals surface area contributed by atoms with Crippen LogP contribution >= 0.6 is 0 Å². The third kappa shape index (κ3) is 2.57. The molecule has 144 valence electrons. The number of rotatable bonds is 5. The number of esters is 1. The molecule has 6 atom stereocenters. The Morgan fingerprint density at radius 2 is 1.71 bits per heavy atom. The highest BCUT2D eigenvalue weighted by molar-refractivity contribution is 6.06. The summed E-state index contributed by atoms with van der Waals surface area (Å²) in [6.45, 7) is -0.165. The number of hydrogen-bond acceptors (Lipinski definition) is 6. The number of carbonyl (C=O) groups excluding carboxylic acids is 3. The number of imide groups is 1. The van der Waals surface area contributed by atoms with E-state index < -0.39 is 5.97 Å². The van der Waals surface area contributed by atoms with Gasteiger partial charge in [-0.25, -0.2) is 4.79 Å². The quantitative estimate of drug-likeness (QED) is 0.335. The van der Waals surface area contributed by atoms with E-state index >= 15 is 0 Å². The Bertz CT molecular complexity index is 870. The summed E-state index contributed by atoms with van der Waals surface area (Å²) in [6, 6.07) is 6.87. The summed E-state index contributed by atoms with van der Waals surface area (Å²) in [5, 5.41) is 5.26. The monoisotopic (exact) mass is 380 g/mol. The number of benzene rings is 1. The first-order valence-electron chi connectivity index (χ1n) is 9.48. The molecule has 0 aromatic heterocycles. The van der Waals surface area contributed by atoms with E-state index in [1.165, 1.54) is 13.3 Å². The van der Waals surface area contributed by atoms with E-state index in [-0.39, 0.29) is 42.1 Å². The van der Waals surface area contributed by atoms with Gasteiger partial charge in [-0.1, -0.05) is 12.2 Å². The summed E-state index contributed by atoms with van der Waals surface area (Å²) in [4.78, 5) is 36.8. The van der Waals surface area contributed by atoms with Crippen molar-refractivity contribution in [2.45, 2.75) is 6.42 Å². The van der Waals surface area contributed by atoms with Gasteiger partial charge in [-0.05, 0) is 59.9 Å². The molecule has 1 heterocycles. The predicted molar refractivity (Wildman–Crippen MR) is 98.1 cm³/mol. The van der Waals surface area contributed by atoms with Crippen LogP contribution < -0.4 is 4.74 Å². The normalized spacial score (nSPS) is 34.5. The lowest BCUT2D eigenvalue weighted by atomic mass is 9.63. The zero-order valence-corrected chi connectivity index (χ0v) is 15.4. The number of amides is 2. The number of hydrazone groups is 1. The van der Waals surface area contributed by atoms with E-state index in [0.717, 1.165) is 17.0 Å². The number of allylic oxidation sites excluding steroid dienone is 2. The summed E-state index contributed by atoms with van der Waals surface area (Å²) >= 11 is 0. The van der Waals surface area contributed by atoms with E-state index in [0.29, 0.717) is 17.6 Å². The van der Waals surface area contributed by atoms with Crippen LogP contribution in [0.25, 0.3) is 0 Å². The lowest BCUT2D eigenvalue weighted by Crippen LogP contribution is -2.40. The molecule has 7 heteroatoms. The largest absolute Gasteiger partial charge is 0.482 e. The predicted octanol–water partition coefficient (Wildman–Crippen LogP) is 1.63. The first-order valence-corrected chi connectivity index (χ1v) is 9.48. The van der Waals surface area contributed by atoms with Crippen LogP contribution in [-0.4, -0.2) is 42.7 Å². The van der Waals surface area contributed by atoms with Gasteiger partial charge in [0.25, 0.3) is 11.8 Å². The molecular formula is C21H20N2O5. The number of carbonyl (C=O) groups is 3. The van der Waals surface area contributed by atoms with Crippen molar-refractivity contribution in [1.29, 1.82) is 0 Å². The summed E-state index contributed by atoms with van der Waals surface area (Å²) in [5.74, 6) is 0.788. The number of ether oxygens (including phenoxy) is 2. The Hall–Kier alpha value is -2.96. The van der Waals surface area contributed by atoms with Gasteiger partial charge in [0, 0.05) is 0 Å². The van der Waals surface area contributed by atoms with Crippen molar-refractivity contribution >= 4 is 24.0 Å². The first-order chi connectivity index (χ1) is 13.6. The molecule has 5 aliphatic rings. The van der Waals surface area contributed by atoms with Crippen LogP contribution in [0.1, 0.15) is 12.0 Å². The summed E-state index contributed by atoms with van der Waals surface area (Å²) in [5.41, 5.74) is 0.727. The molecule has 6 rings (SSSR count). The highest BCUT2D eigenvalue weighted by Crippen LogP contribution is 2.65. The van der Waals surface area contributed by atoms with Crippen molar-refractivity contribution in [3.63, 3.8) is 0 Å². The van der Waals surface area contributed by atoms with Gasteiger partial charge < -0.3 is 9.47 Å². The van der Waals surface area contributed by atoms with Crippen LogP contribution in [0.3, 0.4) is 0 Å². The van der Waals surface area contributed by atoms with Crippen molar-refractivity contribution in [3.8, 4) is 5.75 Å². The van der Waals surface area contributed by atoms with E-state index in [1.807, 2.05) is 0 Å². The topological polar surface area (TPSA) is 85.3 Å². The summed E-state index contributed by atoms with van der Waals surface area (Å²) in [7, 11) is 1.30. The van der Waals surface area contributed by atoms with Crippen LogP contribution in [0.2, 0.25) is 0 Å². The van der Waals surface area contributed by atoms with Crippen molar-refractivity contribution in [3.05, 3.63) is 42.0 Å². The third-order valence-electron chi connectivity index (χ3n) is 6.43. The van der Waals surface area contributed by atoms with Crippen LogP contribution in [0, 0.1) is 35.5 Å². The Balaban J connectivity index is 1.28. The Morgan fingerprint density at radius 1 is 1.11 bits per heavy atom. The summed E-state index contributed by atoms with van der Waals surface area (Å²) in [6.07, 6.45) is 6.94. The van der Waals surface area contributed by atoms with Gasteiger partial charge in [-0.3, -0.25) is 9.59 Å². The van der Waals surface area contributed by atoms with Gasteiger partial charge in [0.1, 0.15) is 5.75 Å². The van der Waals surface area contributed by atoms with Gasteiger partial charge in [0.15, 0.2) is 6.61 Å². The standard InChI is InChI=1S/C21H20N2O5/c1-27-17(24)10-28-12-4-2-11(3-5-12)9-22-23-20(25)18-13-6-7-14(16-8-15(13)16)19(18)21(23)26/h2-7,9,13-16,18-19H,8,10H2,1H3/b22-9-/t13-,14-,15-,16-,18-,19+/m0/s1. The fraction of sp³-hybridized carbons (Fsp3) is 0.429. The van der Waals surface area contributed by atoms with Crippen LogP contribution in [-0.2, 0) is 19.1 Å². The van der Waals surface area contributed by atoms with E-state index in [2.05, 4.69) is 22.0 Å². The molecule has 1 aliphatic heterocycles. The third-order valence-corrected chi connectivity index (χ3v) is 6.43. The highest BCUT2D eigenvalue weighted by atomic mass is 16.6. The maximum absolute atomic E-state index is 12.9. The van der Waals surface area contributed by atoms with Crippen LogP contribution in [0.4, 0.5) is 0 Å². The Kier molecular flexibility index (Phi) is 3.86. The molecule has 28 heavy (non-hydrogen) atoms. The second-order valence-corrected chi connectivity index (χ2v) is 7.82. The molecule has 2 saturated carbocycles. The first kappa shape index (κ1) is 17.2. The summed E-state index contributed by atoms with van der Waals surface area (Å²) < 4.78 is 9.81. The molecule has 7 nitrogen and oxygen atoms in total. The van der Waals surface area contributed by atoms with Gasteiger partial charge in [-0.15, -0.1) is 0 Å². The molecule has 0 N–H and O–H groups in total. The van der Waals surface area contributed by atoms with Crippen molar-refractivity contribution in [1.82, 2.24) is 5.01 Å². The molecule has 0 spiro atoms. The number of nitrogens with zero attached hydrogens (tertiary/aromatic N) is 2. The molecule has 1 saturated heterocycles. The Morgan fingerprint density at radius 3 is 2.29 bits per heavy atom. The lowest BCUT2D eigenvalue weighted by molar-refractivity contribution is -0.143. The molecule has 0 unspecified atom stereocenters. The smallest absolute Gasteiger partial charge is 0.343 e. The fourth-order valence-corrected chi connectivity index (χ4v) is 5.03. The molecule has 2 bridgehead atoms. The fourth-order valence-electron chi connectivity index (χ4n) is 5.03. The SMILES string of the molecule is COC(=O)COc1ccc(/C=N\N2C(=O)[C@@H]3[C@H]4C=C[C@@H]([C@@H]5C[C@@H]45)[C@@H]3C2=O)cc1. The highest BCUT2D eigenvalue weighted by Gasteiger charge is 2.67. The minimum Gasteiger partial charge on any atom is -0.482 e. The van der Waals surface area contributed by atoms with Crippen molar-refractivity contribution in [2.75, 3.05) is 13.7 Å². The van der Waals surface area contributed by atoms with Gasteiger partial charge in [0.2, 0.25) is 0 Å². The molecular weight excluding hydrogens is 360 g/mol. The maximum Gasteiger partial charge on any atom is 0.343 e. The average Bonchev–Trinajstić information content (AvgIpc) is 3.50. The minimum atomic E-state index is -0.459. The zero-order chi connectivity index (χ0) is 19.4. The molecule has 3 fully saturated rings. The minimum absolute atomic E-state index is 0.165. The van der Waals surface area contributed by atoms with Crippen LogP contribution in [0.15, 0.2) is 41.5 Å². The molecule has 4 aliphatic carbocycles. The Labute approximate surface area is 162 Å². The van der Waals surface area contributed by atoms with Gasteiger partial charge >= 0.3 is 5.97 Å². The second kappa shape index (κ2) is 6.29. The molecule has 2 amide bonds. The number of hydrogen-bond donors (Lipinski definition) is 0. The zero-order valence-electron chi connectivity index (χ0n) is 15.4. The second-order valence-electron chi connectivity index (χ2n) is 7.82. The van der Waals surface area contributed by atoms with Gasteiger partial charge in [0.05, 0.1) is 25.2 Å². The van der Waals surface area contributed by atoms with E-state index in [4.69, 9.17) is 4.74 Å². The van der Waals surface area contributed by atoms with Crippen LogP contribution in [0.5, 0.6) is 5.75 Å². The number of methoxy groups -OCH3 is 1. The van der Waals surface area contributed by atoms with Gasteiger partial charge in [-0.2, -0.15) is 10.1 Å². The van der Waals surface area contributed by atoms with Crippen molar-refractivity contribution < 1.29 is 23.9 Å². The maximum atomic E-state index is 12.9. The van der Waals surface area contributed by atoms with Crippen molar-refractivity contribution in [2.24, 2.45) is 40.6 Å². The van der Waals surface area contributed by atoms with E-state index in [1.54, 1.807) is 24.3 Å². The molecule has 1 aromatic carbocycles. The van der Waals surface area contributed by atoms with E-state index in [9.17, 15) is 14.4 Å². The lowest BCUT2D eigenvalue weighted by Gasteiger charge is -2.37.